The van der Waals surface area contributed by atoms with Crippen LogP contribution in [-0.2, 0) is 9.53 Å². The van der Waals surface area contributed by atoms with Crippen molar-refractivity contribution in [2.75, 3.05) is 7.11 Å². The van der Waals surface area contributed by atoms with Crippen molar-refractivity contribution in [3.8, 4) is 0 Å². The summed E-state index contributed by atoms with van der Waals surface area (Å²) in [6.45, 7) is 0. The van der Waals surface area contributed by atoms with Gasteiger partial charge in [0.05, 0.1) is 25.8 Å². The fourth-order valence-corrected chi connectivity index (χ4v) is 1.82. The van der Waals surface area contributed by atoms with Crippen LogP contribution in [0, 0.1) is 0 Å². The van der Waals surface area contributed by atoms with E-state index in [0.717, 1.165) is 5.56 Å². The molecule has 1 aromatic carbocycles. The summed E-state index contributed by atoms with van der Waals surface area (Å²) >= 11 is 0. The van der Waals surface area contributed by atoms with Crippen molar-refractivity contribution in [3.05, 3.63) is 60.1 Å². The molecule has 1 amide bonds. The Morgan fingerprint density at radius 3 is 2.55 bits per heavy atom. The molecule has 1 N–H and O–H groups in total. The van der Waals surface area contributed by atoms with Crippen LogP contribution in [0.1, 0.15) is 28.6 Å². The predicted molar refractivity (Wildman–Crippen MR) is 72.0 cm³/mol. The molecule has 1 heterocycles. The molecule has 0 radical (unpaired) electrons. The predicted octanol–water partition coefficient (Wildman–Crippen LogP) is 2.31. The summed E-state index contributed by atoms with van der Waals surface area (Å²) in [5.41, 5.74) is 0.831. The lowest BCUT2D eigenvalue weighted by Crippen LogP contribution is -2.30. The minimum atomic E-state index is -0.457. The van der Waals surface area contributed by atoms with E-state index in [1.165, 1.54) is 13.4 Å². The van der Waals surface area contributed by atoms with Crippen LogP contribution in [0.15, 0.2) is 53.1 Å². The second-order valence-corrected chi connectivity index (χ2v) is 4.19. The van der Waals surface area contributed by atoms with Crippen molar-refractivity contribution in [3.63, 3.8) is 0 Å². The Morgan fingerprint density at radius 1 is 1.20 bits per heavy atom. The van der Waals surface area contributed by atoms with Crippen LogP contribution in [-0.4, -0.2) is 19.0 Å². The van der Waals surface area contributed by atoms with Gasteiger partial charge in [0.1, 0.15) is 0 Å². The van der Waals surface area contributed by atoms with Crippen LogP contribution in [0.4, 0.5) is 0 Å². The molecule has 2 aromatic rings. The number of hydrogen-bond donors (Lipinski definition) is 1. The molecule has 20 heavy (non-hydrogen) atoms. The Bertz CT molecular complexity index is 563. The number of esters is 1. The third kappa shape index (κ3) is 3.47. The lowest BCUT2D eigenvalue weighted by atomic mass is 10.0. The maximum Gasteiger partial charge on any atom is 0.307 e. The summed E-state index contributed by atoms with van der Waals surface area (Å²) in [5.74, 6) is -0.554. The van der Waals surface area contributed by atoms with E-state index < -0.39 is 12.0 Å². The third-order valence-corrected chi connectivity index (χ3v) is 2.85. The summed E-state index contributed by atoms with van der Waals surface area (Å²) in [6, 6.07) is 12.0. The summed E-state index contributed by atoms with van der Waals surface area (Å²) in [6.07, 6.45) is 1.49. The van der Waals surface area contributed by atoms with Gasteiger partial charge in [0, 0.05) is 0 Å². The van der Waals surface area contributed by atoms with Crippen molar-refractivity contribution in [1.82, 2.24) is 5.32 Å². The molecule has 5 nitrogen and oxygen atoms in total. The monoisotopic (exact) mass is 273 g/mol. The lowest BCUT2D eigenvalue weighted by molar-refractivity contribution is -0.141. The molecule has 104 valence electrons. The van der Waals surface area contributed by atoms with Gasteiger partial charge in [-0.3, -0.25) is 9.59 Å². The van der Waals surface area contributed by atoms with Crippen molar-refractivity contribution >= 4 is 11.9 Å². The van der Waals surface area contributed by atoms with E-state index in [1.54, 1.807) is 12.1 Å². The summed E-state index contributed by atoms with van der Waals surface area (Å²) in [7, 11) is 1.32. The molecule has 0 aliphatic heterocycles. The van der Waals surface area contributed by atoms with Gasteiger partial charge in [-0.25, -0.2) is 0 Å². The molecule has 0 aliphatic rings. The molecule has 1 atom stereocenters. The lowest BCUT2D eigenvalue weighted by Gasteiger charge is -2.17. The van der Waals surface area contributed by atoms with E-state index in [-0.39, 0.29) is 18.1 Å². The van der Waals surface area contributed by atoms with E-state index in [2.05, 4.69) is 10.1 Å². The Hall–Kier alpha value is -2.56. The van der Waals surface area contributed by atoms with Gasteiger partial charge < -0.3 is 14.5 Å². The van der Waals surface area contributed by atoms with Crippen LogP contribution >= 0.6 is 0 Å². The fourth-order valence-electron chi connectivity index (χ4n) is 1.82. The van der Waals surface area contributed by atoms with Gasteiger partial charge in [0.2, 0.25) is 0 Å². The van der Waals surface area contributed by atoms with Gasteiger partial charge in [0.25, 0.3) is 5.91 Å². The van der Waals surface area contributed by atoms with Crippen LogP contribution in [0.5, 0.6) is 0 Å². The van der Waals surface area contributed by atoms with E-state index in [4.69, 9.17) is 4.42 Å². The van der Waals surface area contributed by atoms with Crippen LogP contribution < -0.4 is 5.32 Å². The SMILES string of the molecule is COC(=O)CC(NC(=O)c1ccco1)c1ccccc1. The second-order valence-electron chi connectivity index (χ2n) is 4.19. The highest BCUT2D eigenvalue weighted by Crippen LogP contribution is 2.18. The molecule has 0 bridgehead atoms. The number of carbonyl (C=O) groups is 2. The number of furan rings is 1. The van der Waals surface area contributed by atoms with Gasteiger partial charge in [-0.2, -0.15) is 0 Å². The molecular weight excluding hydrogens is 258 g/mol. The molecule has 1 unspecified atom stereocenters. The van der Waals surface area contributed by atoms with E-state index in [1.807, 2.05) is 30.3 Å². The number of carbonyl (C=O) groups excluding carboxylic acids is 2. The molecule has 0 saturated carbocycles. The largest absolute Gasteiger partial charge is 0.469 e. The average Bonchev–Trinajstić information content (AvgIpc) is 3.01. The number of hydrogen-bond acceptors (Lipinski definition) is 4. The van der Waals surface area contributed by atoms with Crippen LogP contribution in [0.25, 0.3) is 0 Å². The van der Waals surface area contributed by atoms with Crippen molar-refractivity contribution < 1.29 is 18.7 Å². The number of methoxy groups -OCH3 is 1. The standard InChI is InChI=1S/C15H15NO4/c1-19-14(17)10-12(11-6-3-2-4-7-11)16-15(18)13-8-5-9-20-13/h2-9,12H,10H2,1H3,(H,16,18). The Morgan fingerprint density at radius 2 is 1.95 bits per heavy atom. The van der Waals surface area contributed by atoms with E-state index in [0.29, 0.717) is 0 Å². The minimum Gasteiger partial charge on any atom is -0.469 e. The van der Waals surface area contributed by atoms with Gasteiger partial charge in [-0.05, 0) is 17.7 Å². The normalized spacial score (nSPS) is 11.7. The van der Waals surface area contributed by atoms with Crippen LogP contribution in [0.2, 0.25) is 0 Å². The Labute approximate surface area is 116 Å². The molecule has 0 aliphatic carbocycles. The molecule has 5 heteroatoms. The van der Waals surface area contributed by atoms with Gasteiger partial charge in [0.15, 0.2) is 5.76 Å². The molecule has 0 fully saturated rings. The zero-order chi connectivity index (χ0) is 14.4. The number of benzene rings is 1. The smallest absolute Gasteiger partial charge is 0.307 e. The third-order valence-electron chi connectivity index (χ3n) is 2.85. The number of amides is 1. The van der Waals surface area contributed by atoms with E-state index in [9.17, 15) is 9.59 Å². The molecular formula is C15H15NO4. The van der Waals surface area contributed by atoms with Gasteiger partial charge >= 0.3 is 5.97 Å². The Kier molecular flexibility index (Phi) is 4.55. The highest BCUT2D eigenvalue weighted by Gasteiger charge is 2.20. The number of rotatable bonds is 5. The Balaban J connectivity index is 2.14. The van der Waals surface area contributed by atoms with Gasteiger partial charge in [-0.1, -0.05) is 30.3 Å². The zero-order valence-electron chi connectivity index (χ0n) is 11.0. The molecule has 1 aromatic heterocycles. The highest BCUT2D eigenvalue weighted by atomic mass is 16.5. The fraction of sp³-hybridized carbons (Fsp3) is 0.200. The second kappa shape index (κ2) is 6.56. The summed E-state index contributed by atoms with van der Waals surface area (Å²) in [4.78, 5) is 23.5. The molecule has 2 rings (SSSR count). The number of nitrogens with one attached hydrogen (secondary N) is 1. The molecule has 0 spiro atoms. The van der Waals surface area contributed by atoms with Crippen molar-refractivity contribution in [1.29, 1.82) is 0 Å². The first kappa shape index (κ1) is 13.9. The minimum absolute atomic E-state index is 0.0625. The van der Waals surface area contributed by atoms with Crippen molar-refractivity contribution in [2.45, 2.75) is 12.5 Å². The number of ether oxygens (including phenoxy) is 1. The highest BCUT2D eigenvalue weighted by molar-refractivity contribution is 5.92. The first-order valence-electron chi connectivity index (χ1n) is 6.17. The first-order valence-corrected chi connectivity index (χ1v) is 6.17. The zero-order valence-corrected chi connectivity index (χ0v) is 11.0. The topological polar surface area (TPSA) is 68.5 Å². The summed E-state index contributed by atoms with van der Waals surface area (Å²) in [5, 5.41) is 2.77. The maximum absolute atomic E-state index is 12.0. The first-order chi connectivity index (χ1) is 9.70. The quantitative estimate of drug-likeness (QED) is 0.849. The average molecular weight is 273 g/mol. The molecule has 0 saturated heterocycles. The van der Waals surface area contributed by atoms with Gasteiger partial charge in [-0.15, -0.1) is 0 Å². The maximum atomic E-state index is 12.0. The van der Waals surface area contributed by atoms with E-state index >= 15 is 0 Å². The van der Waals surface area contributed by atoms with Crippen LogP contribution in [0.3, 0.4) is 0 Å². The van der Waals surface area contributed by atoms with Crippen molar-refractivity contribution in [2.24, 2.45) is 0 Å². The summed E-state index contributed by atoms with van der Waals surface area (Å²) < 4.78 is 9.70.